The van der Waals surface area contributed by atoms with E-state index in [4.69, 9.17) is 0 Å². The maximum absolute atomic E-state index is 13.0. The lowest BCUT2D eigenvalue weighted by Gasteiger charge is -2.05. The largest absolute Gasteiger partial charge is 0.321 e. The van der Waals surface area contributed by atoms with E-state index in [1.807, 2.05) is 11.6 Å². The summed E-state index contributed by atoms with van der Waals surface area (Å²) in [6, 6.07) is 5.02. The van der Waals surface area contributed by atoms with Gasteiger partial charge in [-0.3, -0.25) is 0 Å². The molecule has 2 aromatic rings. The Morgan fingerprint density at radius 1 is 1.44 bits per heavy atom. The topological polar surface area (TPSA) is 42.7 Å². The molecule has 6 heteroatoms. The zero-order valence-corrected chi connectivity index (χ0v) is 11.6. The molecule has 96 valence electrons. The first kappa shape index (κ1) is 13.2. The van der Waals surface area contributed by atoms with Gasteiger partial charge in [0, 0.05) is 26.6 Å². The molecule has 0 bridgehead atoms. The van der Waals surface area contributed by atoms with Crippen LogP contribution in [0.15, 0.2) is 29.0 Å². The van der Waals surface area contributed by atoms with Crippen molar-refractivity contribution in [1.82, 2.24) is 20.1 Å². The highest BCUT2D eigenvalue weighted by Crippen LogP contribution is 2.16. The van der Waals surface area contributed by atoms with Crippen molar-refractivity contribution in [2.24, 2.45) is 7.05 Å². The van der Waals surface area contributed by atoms with E-state index in [0.29, 0.717) is 11.0 Å². The molecule has 0 spiro atoms. The SMILES string of the molecule is Cn1cnnc1CCNCc1ccc(F)c(Br)c1. The quantitative estimate of drug-likeness (QED) is 0.859. The van der Waals surface area contributed by atoms with E-state index in [2.05, 4.69) is 31.4 Å². The molecule has 1 aromatic carbocycles. The summed E-state index contributed by atoms with van der Waals surface area (Å²) in [5.41, 5.74) is 1.04. The summed E-state index contributed by atoms with van der Waals surface area (Å²) >= 11 is 3.17. The van der Waals surface area contributed by atoms with Crippen molar-refractivity contribution in [2.45, 2.75) is 13.0 Å². The van der Waals surface area contributed by atoms with Gasteiger partial charge >= 0.3 is 0 Å². The molecule has 2 rings (SSSR count). The lowest BCUT2D eigenvalue weighted by atomic mass is 10.2. The monoisotopic (exact) mass is 312 g/mol. The number of nitrogens with one attached hydrogen (secondary N) is 1. The van der Waals surface area contributed by atoms with Crippen LogP contribution in [0.2, 0.25) is 0 Å². The molecule has 0 radical (unpaired) electrons. The van der Waals surface area contributed by atoms with Crippen molar-refractivity contribution in [1.29, 1.82) is 0 Å². The Kier molecular flexibility index (Phi) is 4.43. The number of benzene rings is 1. The lowest BCUT2D eigenvalue weighted by Crippen LogP contribution is -2.18. The Bertz CT molecular complexity index is 527. The predicted molar refractivity (Wildman–Crippen MR) is 70.5 cm³/mol. The minimum Gasteiger partial charge on any atom is -0.321 e. The maximum Gasteiger partial charge on any atom is 0.137 e. The number of hydrogen-bond acceptors (Lipinski definition) is 3. The predicted octanol–water partition coefficient (Wildman–Crippen LogP) is 2.05. The van der Waals surface area contributed by atoms with Gasteiger partial charge < -0.3 is 9.88 Å². The van der Waals surface area contributed by atoms with Crippen LogP contribution in [0.25, 0.3) is 0 Å². The summed E-state index contributed by atoms with van der Waals surface area (Å²) in [4.78, 5) is 0. The van der Waals surface area contributed by atoms with E-state index >= 15 is 0 Å². The molecule has 0 aliphatic rings. The molecule has 1 aromatic heterocycles. The van der Waals surface area contributed by atoms with E-state index in [-0.39, 0.29) is 5.82 Å². The van der Waals surface area contributed by atoms with Gasteiger partial charge in [-0.1, -0.05) is 6.07 Å². The molecule has 0 aliphatic heterocycles. The number of aryl methyl sites for hydroxylation is 1. The van der Waals surface area contributed by atoms with E-state index in [9.17, 15) is 4.39 Å². The minimum atomic E-state index is -0.238. The number of rotatable bonds is 5. The van der Waals surface area contributed by atoms with Gasteiger partial charge in [0.15, 0.2) is 0 Å². The van der Waals surface area contributed by atoms with Crippen LogP contribution in [0.1, 0.15) is 11.4 Å². The van der Waals surface area contributed by atoms with E-state index < -0.39 is 0 Å². The molecule has 0 saturated carbocycles. The fourth-order valence-corrected chi connectivity index (χ4v) is 2.04. The summed E-state index contributed by atoms with van der Waals surface area (Å²) in [7, 11) is 1.92. The second-order valence-electron chi connectivity index (χ2n) is 4.03. The zero-order valence-electron chi connectivity index (χ0n) is 10.0. The van der Waals surface area contributed by atoms with Crippen LogP contribution in [0, 0.1) is 5.82 Å². The van der Waals surface area contributed by atoms with Gasteiger partial charge in [0.1, 0.15) is 18.0 Å². The van der Waals surface area contributed by atoms with Crippen molar-refractivity contribution in [3.05, 3.63) is 46.2 Å². The highest BCUT2D eigenvalue weighted by molar-refractivity contribution is 9.10. The number of hydrogen-bond donors (Lipinski definition) is 1. The van der Waals surface area contributed by atoms with Gasteiger partial charge in [-0.15, -0.1) is 10.2 Å². The Labute approximate surface area is 113 Å². The van der Waals surface area contributed by atoms with Crippen molar-refractivity contribution < 1.29 is 4.39 Å². The third-order valence-electron chi connectivity index (χ3n) is 2.64. The summed E-state index contributed by atoms with van der Waals surface area (Å²) in [5, 5.41) is 11.1. The number of aromatic nitrogens is 3. The van der Waals surface area contributed by atoms with Gasteiger partial charge in [-0.2, -0.15) is 0 Å². The highest BCUT2D eigenvalue weighted by atomic mass is 79.9. The summed E-state index contributed by atoms with van der Waals surface area (Å²) in [6.07, 6.45) is 2.51. The first-order valence-electron chi connectivity index (χ1n) is 5.64. The first-order valence-corrected chi connectivity index (χ1v) is 6.43. The van der Waals surface area contributed by atoms with Gasteiger partial charge in [0.25, 0.3) is 0 Å². The Balaban J connectivity index is 1.78. The summed E-state index contributed by atoms with van der Waals surface area (Å²) in [5.74, 6) is 0.709. The zero-order chi connectivity index (χ0) is 13.0. The van der Waals surface area contributed by atoms with E-state index in [1.54, 1.807) is 18.5 Å². The summed E-state index contributed by atoms with van der Waals surface area (Å²) < 4.78 is 15.4. The third kappa shape index (κ3) is 3.36. The second kappa shape index (κ2) is 6.06. The molecular weight excluding hydrogens is 299 g/mol. The Morgan fingerprint density at radius 2 is 2.28 bits per heavy atom. The van der Waals surface area contributed by atoms with Crippen molar-refractivity contribution in [3.8, 4) is 0 Å². The molecule has 0 atom stereocenters. The lowest BCUT2D eigenvalue weighted by molar-refractivity contribution is 0.617. The van der Waals surface area contributed by atoms with Gasteiger partial charge in [-0.25, -0.2) is 4.39 Å². The summed E-state index contributed by atoms with van der Waals surface area (Å²) in [6.45, 7) is 1.51. The van der Waals surface area contributed by atoms with Crippen molar-refractivity contribution in [3.63, 3.8) is 0 Å². The minimum absolute atomic E-state index is 0.238. The Morgan fingerprint density at radius 3 is 2.94 bits per heavy atom. The van der Waals surface area contributed by atoms with Gasteiger partial charge in [0.05, 0.1) is 4.47 Å². The first-order chi connectivity index (χ1) is 8.66. The normalized spacial score (nSPS) is 10.8. The fourth-order valence-electron chi connectivity index (χ4n) is 1.62. The molecule has 0 unspecified atom stereocenters. The van der Waals surface area contributed by atoms with Crippen molar-refractivity contribution >= 4 is 15.9 Å². The molecule has 0 fully saturated rings. The van der Waals surface area contributed by atoms with Crippen LogP contribution in [0.5, 0.6) is 0 Å². The Hall–Kier alpha value is -1.27. The molecule has 0 saturated heterocycles. The molecule has 0 aliphatic carbocycles. The van der Waals surface area contributed by atoms with E-state index in [0.717, 1.165) is 24.4 Å². The average Bonchev–Trinajstić information content (AvgIpc) is 2.75. The van der Waals surface area contributed by atoms with Crippen LogP contribution in [-0.4, -0.2) is 21.3 Å². The maximum atomic E-state index is 13.0. The third-order valence-corrected chi connectivity index (χ3v) is 3.25. The standard InChI is InChI=1S/C12H14BrFN4/c1-18-8-16-17-12(18)4-5-15-7-9-2-3-11(14)10(13)6-9/h2-3,6,8,15H,4-5,7H2,1H3. The van der Waals surface area contributed by atoms with Crippen LogP contribution < -0.4 is 5.32 Å². The molecule has 4 nitrogen and oxygen atoms in total. The molecule has 18 heavy (non-hydrogen) atoms. The second-order valence-corrected chi connectivity index (χ2v) is 4.89. The fraction of sp³-hybridized carbons (Fsp3) is 0.333. The van der Waals surface area contributed by atoms with Gasteiger partial charge in [-0.05, 0) is 33.6 Å². The molecular formula is C12H14BrFN4. The number of nitrogens with zero attached hydrogens (tertiary/aromatic N) is 3. The molecule has 0 amide bonds. The van der Waals surface area contributed by atoms with E-state index in [1.165, 1.54) is 6.07 Å². The highest BCUT2D eigenvalue weighted by Gasteiger charge is 2.02. The van der Waals surface area contributed by atoms with Gasteiger partial charge in [0.2, 0.25) is 0 Å². The van der Waals surface area contributed by atoms with Crippen LogP contribution >= 0.6 is 15.9 Å². The smallest absolute Gasteiger partial charge is 0.137 e. The molecule has 1 heterocycles. The van der Waals surface area contributed by atoms with Crippen LogP contribution in [-0.2, 0) is 20.0 Å². The molecule has 1 N–H and O–H groups in total. The van der Waals surface area contributed by atoms with Crippen molar-refractivity contribution in [2.75, 3.05) is 6.54 Å². The van der Waals surface area contributed by atoms with Crippen LogP contribution in [0.4, 0.5) is 4.39 Å². The number of halogens is 2. The van der Waals surface area contributed by atoms with Crippen LogP contribution in [0.3, 0.4) is 0 Å². The average molecular weight is 313 g/mol.